The monoisotopic (exact) mass is 360 g/mol. The van der Waals surface area contributed by atoms with Crippen LogP contribution in [0.25, 0.3) is 0 Å². The van der Waals surface area contributed by atoms with E-state index in [2.05, 4.69) is 65.0 Å². The van der Waals surface area contributed by atoms with Gasteiger partial charge in [0.1, 0.15) is 5.82 Å². The van der Waals surface area contributed by atoms with Crippen LogP contribution in [-0.4, -0.2) is 45.7 Å². The van der Waals surface area contributed by atoms with Crippen LogP contribution in [0.15, 0.2) is 23.4 Å². The third kappa shape index (κ3) is 4.63. The summed E-state index contributed by atoms with van der Waals surface area (Å²) in [4.78, 5) is 2.30. The molecule has 0 unspecified atom stereocenters. The van der Waals surface area contributed by atoms with Crippen molar-refractivity contribution < 1.29 is 4.74 Å². The second kappa shape index (κ2) is 8.34. The highest BCUT2D eigenvalue weighted by Crippen LogP contribution is 2.21. The van der Waals surface area contributed by atoms with Gasteiger partial charge in [0.15, 0.2) is 5.16 Å². The Morgan fingerprint density at radius 3 is 2.80 bits per heavy atom. The zero-order chi connectivity index (χ0) is 17.8. The van der Waals surface area contributed by atoms with Gasteiger partial charge in [-0.2, -0.15) is 0 Å². The highest BCUT2D eigenvalue weighted by Gasteiger charge is 2.21. The van der Waals surface area contributed by atoms with E-state index in [-0.39, 0.29) is 0 Å². The summed E-state index contributed by atoms with van der Waals surface area (Å²) in [5.41, 5.74) is 4.02. The molecule has 5 nitrogen and oxygen atoms in total. The van der Waals surface area contributed by atoms with Crippen molar-refractivity contribution in [2.45, 2.75) is 57.6 Å². The van der Waals surface area contributed by atoms with Gasteiger partial charge in [0.05, 0.1) is 19.2 Å². The van der Waals surface area contributed by atoms with Gasteiger partial charge in [0, 0.05) is 13.2 Å². The highest BCUT2D eigenvalue weighted by atomic mass is 32.2. The molecular weight excluding hydrogens is 332 g/mol. The minimum absolute atomic E-state index is 0.297. The van der Waals surface area contributed by atoms with Crippen LogP contribution in [0.4, 0.5) is 0 Å². The predicted octanol–water partition coefficient (Wildman–Crippen LogP) is 3.43. The number of rotatable bonds is 7. The SMILES string of the molecule is CSc1nnc(CN(C)Cc2ccc(C)cc2C)n1C[C@@H]1CCCO1. The summed E-state index contributed by atoms with van der Waals surface area (Å²) in [5, 5.41) is 9.78. The molecule has 1 aliphatic heterocycles. The van der Waals surface area contributed by atoms with E-state index in [1.807, 2.05) is 0 Å². The molecule has 0 radical (unpaired) electrons. The molecule has 0 N–H and O–H groups in total. The molecule has 2 aromatic rings. The topological polar surface area (TPSA) is 43.2 Å². The molecular formula is C19H28N4OS. The van der Waals surface area contributed by atoms with Crippen LogP contribution in [-0.2, 0) is 24.4 Å². The fourth-order valence-corrected chi connectivity index (χ4v) is 3.90. The smallest absolute Gasteiger partial charge is 0.191 e. The van der Waals surface area contributed by atoms with E-state index in [4.69, 9.17) is 4.74 Å². The fraction of sp³-hybridized carbons (Fsp3) is 0.579. The minimum atomic E-state index is 0.297. The molecule has 25 heavy (non-hydrogen) atoms. The van der Waals surface area contributed by atoms with Gasteiger partial charge in [-0.15, -0.1) is 10.2 Å². The standard InChI is InChI=1S/C19H28N4OS/c1-14-7-8-16(15(2)10-14)11-22(3)13-18-20-21-19(25-4)23(18)12-17-6-5-9-24-17/h7-8,10,17H,5-6,9,11-13H2,1-4H3/t17-/m0/s1. The van der Waals surface area contributed by atoms with Crippen molar-refractivity contribution in [1.82, 2.24) is 19.7 Å². The lowest BCUT2D eigenvalue weighted by molar-refractivity contribution is 0.0934. The third-order valence-corrected chi connectivity index (χ3v) is 5.40. The van der Waals surface area contributed by atoms with E-state index in [1.165, 1.54) is 16.7 Å². The first kappa shape index (κ1) is 18.4. The van der Waals surface area contributed by atoms with E-state index in [1.54, 1.807) is 11.8 Å². The summed E-state index contributed by atoms with van der Waals surface area (Å²) in [6.07, 6.45) is 4.64. The van der Waals surface area contributed by atoms with Gasteiger partial charge in [0.2, 0.25) is 0 Å². The van der Waals surface area contributed by atoms with E-state index in [0.717, 1.165) is 50.1 Å². The van der Waals surface area contributed by atoms with E-state index < -0.39 is 0 Å². The molecule has 2 heterocycles. The van der Waals surface area contributed by atoms with Crippen LogP contribution >= 0.6 is 11.8 Å². The highest BCUT2D eigenvalue weighted by molar-refractivity contribution is 7.98. The number of hydrogen-bond acceptors (Lipinski definition) is 5. The van der Waals surface area contributed by atoms with Crippen molar-refractivity contribution >= 4 is 11.8 Å². The predicted molar refractivity (Wildman–Crippen MR) is 102 cm³/mol. The molecule has 0 spiro atoms. The molecule has 1 saturated heterocycles. The van der Waals surface area contributed by atoms with E-state index in [9.17, 15) is 0 Å². The summed E-state index contributed by atoms with van der Waals surface area (Å²) in [7, 11) is 2.14. The maximum atomic E-state index is 5.81. The molecule has 3 rings (SSSR count). The third-order valence-electron chi connectivity index (χ3n) is 4.74. The van der Waals surface area contributed by atoms with Crippen molar-refractivity contribution in [2.24, 2.45) is 0 Å². The molecule has 0 saturated carbocycles. The fourth-order valence-electron chi connectivity index (χ4n) is 3.37. The minimum Gasteiger partial charge on any atom is -0.376 e. The van der Waals surface area contributed by atoms with E-state index in [0.29, 0.717) is 6.10 Å². The Morgan fingerprint density at radius 1 is 1.28 bits per heavy atom. The zero-order valence-electron chi connectivity index (χ0n) is 15.7. The average molecular weight is 361 g/mol. The first-order valence-electron chi connectivity index (χ1n) is 8.89. The molecule has 136 valence electrons. The normalized spacial score (nSPS) is 17.6. The molecule has 1 aliphatic rings. The van der Waals surface area contributed by atoms with Gasteiger partial charge in [-0.25, -0.2) is 0 Å². The molecule has 1 aromatic carbocycles. The van der Waals surface area contributed by atoms with Gasteiger partial charge in [-0.1, -0.05) is 35.5 Å². The second-order valence-corrected chi connectivity index (χ2v) is 7.72. The lowest BCUT2D eigenvalue weighted by atomic mass is 10.1. The first-order chi connectivity index (χ1) is 12.1. The van der Waals surface area contributed by atoms with Crippen molar-refractivity contribution in [3.8, 4) is 0 Å². The number of nitrogens with zero attached hydrogens (tertiary/aromatic N) is 4. The number of thioether (sulfide) groups is 1. The van der Waals surface area contributed by atoms with Crippen molar-refractivity contribution in [3.63, 3.8) is 0 Å². The van der Waals surface area contributed by atoms with Gasteiger partial charge in [-0.3, -0.25) is 4.90 Å². The Bertz CT molecular complexity index is 709. The molecule has 6 heteroatoms. The summed E-state index contributed by atoms with van der Waals surface area (Å²) in [6, 6.07) is 6.66. The number of aryl methyl sites for hydroxylation is 2. The Morgan fingerprint density at radius 2 is 2.12 bits per heavy atom. The molecule has 0 bridgehead atoms. The van der Waals surface area contributed by atoms with Crippen LogP contribution in [0, 0.1) is 13.8 Å². The molecule has 1 fully saturated rings. The summed E-state index contributed by atoms with van der Waals surface area (Å²) in [5.74, 6) is 1.02. The maximum Gasteiger partial charge on any atom is 0.191 e. The molecule has 1 aromatic heterocycles. The number of ether oxygens (including phenoxy) is 1. The molecule has 0 amide bonds. The Labute approximate surface area is 154 Å². The van der Waals surface area contributed by atoms with Gasteiger partial charge >= 0.3 is 0 Å². The van der Waals surface area contributed by atoms with Crippen LogP contribution in [0.2, 0.25) is 0 Å². The van der Waals surface area contributed by atoms with Gasteiger partial charge in [-0.05, 0) is 51.1 Å². The van der Waals surface area contributed by atoms with Crippen LogP contribution in [0.5, 0.6) is 0 Å². The Balaban J connectivity index is 1.69. The second-order valence-electron chi connectivity index (χ2n) is 6.95. The van der Waals surface area contributed by atoms with E-state index >= 15 is 0 Å². The Hall–Kier alpha value is -1.37. The lowest BCUT2D eigenvalue weighted by Gasteiger charge is -2.20. The van der Waals surface area contributed by atoms with Gasteiger partial charge in [0.25, 0.3) is 0 Å². The largest absolute Gasteiger partial charge is 0.376 e. The van der Waals surface area contributed by atoms with Gasteiger partial charge < -0.3 is 9.30 Å². The van der Waals surface area contributed by atoms with Crippen LogP contribution in [0.3, 0.4) is 0 Å². The Kier molecular flexibility index (Phi) is 6.15. The lowest BCUT2D eigenvalue weighted by Crippen LogP contribution is -2.23. The first-order valence-corrected chi connectivity index (χ1v) is 10.1. The summed E-state index contributed by atoms with van der Waals surface area (Å²) >= 11 is 1.65. The van der Waals surface area contributed by atoms with Crippen LogP contribution < -0.4 is 0 Å². The molecule has 0 aliphatic carbocycles. The van der Waals surface area contributed by atoms with Crippen molar-refractivity contribution in [2.75, 3.05) is 19.9 Å². The average Bonchev–Trinajstić information content (AvgIpc) is 3.21. The number of hydrogen-bond donors (Lipinski definition) is 0. The maximum absolute atomic E-state index is 5.81. The number of benzene rings is 1. The summed E-state index contributed by atoms with van der Waals surface area (Å²) < 4.78 is 8.04. The van der Waals surface area contributed by atoms with Crippen molar-refractivity contribution in [3.05, 3.63) is 40.7 Å². The molecule has 1 atom stereocenters. The van der Waals surface area contributed by atoms with Crippen molar-refractivity contribution in [1.29, 1.82) is 0 Å². The summed E-state index contributed by atoms with van der Waals surface area (Å²) in [6.45, 7) is 7.75. The zero-order valence-corrected chi connectivity index (χ0v) is 16.5. The number of aromatic nitrogens is 3. The quantitative estimate of drug-likeness (QED) is 0.708. The van der Waals surface area contributed by atoms with Crippen LogP contribution in [0.1, 0.15) is 35.4 Å².